The molecule has 1 fully saturated rings. The van der Waals surface area contributed by atoms with Crippen molar-refractivity contribution in [3.05, 3.63) is 0 Å². The van der Waals surface area contributed by atoms with E-state index in [9.17, 15) is 0 Å². The van der Waals surface area contributed by atoms with E-state index in [0.29, 0.717) is 0 Å². The smallest absolute Gasteiger partial charge is 0.0207 e. The maximum atomic E-state index is 3.57. The molecule has 0 spiro atoms. The molecule has 1 saturated heterocycles. The molecule has 1 rings (SSSR count). The van der Waals surface area contributed by atoms with Crippen LogP contribution in [0.25, 0.3) is 0 Å². The first kappa shape index (κ1) is 13.9. The first-order valence-corrected chi connectivity index (χ1v) is 6.21. The third kappa shape index (κ3) is 4.97. The molecule has 1 unspecified atom stereocenters. The maximum absolute atomic E-state index is 3.57. The van der Waals surface area contributed by atoms with E-state index >= 15 is 0 Å². The van der Waals surface area contributed by atoms with Gasteiger partial charge in [0.05, 0.1) is 0 Å². The first-order chi connectivity index (χ1) is 6.74. The van der Waals surface area contributed by atoms with Crippen LogP contribution in [-0.2, 0) is 0 Å². The summed E-state index contributed by atoms with van der Waals surface area (Å²) >= 11 is 0. The van der Waals surface area contributed by atoms with Crippen molar-refractivity contribution in [2.24, 2.45) is 0 Å². The Morgan fingerprint density at radius 3 is 2.43 bits per heavy atom. The molecule has 14 heavy (non-hydrogen) atoms. The summed E-state index contributed by atoms with van der Waals surface area (Å²) in [6, 6.07) is 1.48. The highest BCUT2D eigenvalue weighted by molar-refractivity contribution is 4.82. The van der Waals surface area contributed by atoms with Gasteiger partial charge in [-0.05, 0) is 39.8 Å². The Kier molecular flexibility index (Phi) is 8.20. The average Bonchev–Trinajstić information content (AvgIpc) is 2.66. The molecule has 1 aliphatic heterocycles. The Hall–Kier alpha value is -0.0800. The zero-order valence-electron chi connectivity index (χ0n) is 10.6. The zero-order chi connectivity index (χ0) is 11.0. The number of likely N-dealkylation sites (tertiary alicyclic amines) is 1. The van der Waals surface area contributed by atoms with Gasteiger partial charge in [0.15, 0.2) is 0 Å². The van der Waals surface area contributed by atoms with Crippen LogP contribution in [0, 0.1) is 0 Å². The van der Waals surface area contributed by atoms with Crippen molar-refractivity contribution in [2.75, 3.05) is 19.6 Å². The van der Waals surface area contributed by atoms with Crippen LogP contribution in [0.1, 0.15) is 47.5 Å². The highest BCUT2D eigenvalue weighted by Gasteiger charge is 2.22. The molecule has 0 aliphatic carbocycles. The van der Waals surface area contributed by atoms with Crippen molar-refractivity contribution in [3.63, 3.8) is 0 Å². The van der Waals surface area contributed by atoms with Crippen molar-refractivity contribution < 1.29 is 0 Å². The van der Waals surface area contributed by atoms with Crippen LogP contribution in [-0.4, -0.2) is 36.6 Å². The van der Waals surface area contributed by atoms with Gasteiger partial charge in [-0.1, -0.05) is 20.8 Å². The zero-order valence-corrected chi connectivity index (χ0v) is 10.6. The fourth-order valence-corrected chi connectivity index (χ4v) is 1.77. The van der Waals surface area contributed by atoms with Gasteiger partial charge in [0.1, 0.15) is 0 Å². The normalized spacial score (nSPS) is 22.3. The Morgan fingerprint density at radius 1 is 1.36 bits per heavy atom. The minimum atomic E-state index is 0.721. The highest BCUT2D eigenvalue weighted by Crippen LogP contribution is 2.11. The minimum Gasteiger partial charge on any atom is -0.313 e. The predicted molar refractivity (Wildman–Crippen MR) is 64.8 cm³/mol. The molecule has 0 bridgehead atoms. The second kappa shape index (κ2) is 8.25. The summed E-state index contributed by atoms with van der Waals surface area (Å²) < 4.78 is 0. The molecule has 0 aromatic rings. The van der Waals surface area contributed by atoms with Crippen molar-refractivity contribution in [1.29, 1.82) is 0 Å². The molecule has 0 amide bonds. The molecule has 1 atom stereocenters. The van der Waals surface area contributed by atoms with Gasteiger partial charge in [-0.15, -0.1) is 0 Å². The maximum Gasteiger partial charge on any atom is 0.0207 e. The van der Waals surface area contributed by atoms with E-state index in [1.165, 1.54) is 32.5 Å². The number of nitrogens with one attached hydrogen (secondary N) is 1. The molecule has 86 valence electrons. The summed E-state index contributed by atoms with van der Waals surface area (Å²) in [7, 11) is 0. The number of hydrogen-bond acceptors (Lipinski definition) is 2. The Bertz CT molecular complexity index is 123. The Labute approximate surface area is 90.1 Å². The molecule has 1 N–H and O–H groups in total. The third-order valence-electron chi connectivity index (χ3n) is 2.63. The highest BCUT2D eigenvalue weighted by atomic mass is 15.2. The second-order valence-electron chi connectivity index (χ2n) is 4.03. The average molecular weight is 200 g/mol. The number of rotatable bonds is 4. The van der Waals surface area contributed by atoms with Crippen LogP contribution in [0.2, 0.25) is 0 Å². The van der Waals surface area contributed by atoms with E-state index in [0.717, 1.165) is 12.1 Å². The molecule has 0 aromatic heterocycles. The third-order valence-corrected chi connectivity index (χ3v) is 2.63. The summed E-state index contributed by atoms with van der Waals surface area (Å²) in [4.78, 5) is 2.55. The van der Waals surface area contributed by atoms with Crippen LogP contribution >= 0.6 is 0 Å². The molecule has 0 aromatic carbocycles. The van der Waals surface area contributed by atoms with E-state index in [4.69, 9.17) is 0 Å². The van der Waals surface area contributed by atoms with E-state index in [1.807, 2.05) is 13.8 Å². The van der Waals surface area contributed by atoms with Crippen molar-refractivity contribution >= 4 is 0 Å². The largest absolute Gasteiger partial charge is 0.313 e. The van der Waals surface area contributed by atoms with Crippen LogP contribution < -0.4 is 5.32 Å². The van der Waals surface area contributed by atoms with Crippen LogP contribution in [0.15, 0.2) is 0 Å². The van der Waals surface area contributed by atoms with Gasteiger partial charge in [-0.2, -0.15) is 0 Å². The van der Waals surface area contributed by atoms with Crippen molar-refractivity contribution in [1.82, 2.24) is 10.2 Å². The molecular formula is C12H28N2. The van der Waals surface area contributed by atoms with E-state index in [-0.39, 0.29) is 0 Å². The predicted octanol–water partition coefficient (Wildman–Crippen LogP) is 2.49. The monoisotopic (exact) mass is 200 g/mol. The van der Waals surface area contributed by atoms with Crippen LogP contribution in [0.4, 0.5) is 0 Å². The SMILES string of the molecule is CC.CCCNC1CCN(C(C)C)C1. The van der Waals surface area contributed by atoms with Gasteiger partial charge in [0.25, 0.3) is 0 Å². The van der Waals surface area contributed by atoms with Crippen LogP contribution in [0.3, 0.4) is 0 Å². The molecular weight excluding hydrogens is 172 g/mol. The Balaban J connectivity index is 0.000000791. The van der Waals surface area contributed by atoms with Crippen molar-refractivity contribution in [2.45, 2.75) is 59.5 Å². The minimum absolute atomic E-state index is 0.721. The standard InChI is InChI=1S/C10H22N2.C2H6/c1-4-6-11-10-5-7-12(8-10)9(2)3;1-2/h9-11H,4-8H2,1-3H3;1-2H3. The van der Waals surface area contributed by atoms with Gasteiger partial charge in [0, 0.05) is 18.6 Å². The van der Waals surface area contributed by atoms with Gasteiger partial charge in [-0.3, -0.25) is 4.90 Å². The molecule has 2 nitrogen and oxygen atoms in total. The van der Waals surface area contributed by atoms with E-state index < -0.39 is 0 Å². The topological polar surface area (TPSA) is 15.3 Å². The quantitative estimate of drug-likeness (QED) is 0.750. The first-order valence-electron chi connectivity index (χ1n) is 6.21. The summed E-state index contributed by atoms with van der Waals surface area (Å²) in [6.45, 7) is 14.5. The lowest BCUT2D eigenvalue weighted by Crippen LogP contribution is -2.35. The van der Waals surface area contributed by atoms with Gasteiger partial charge in [-0.25, -0.2) is 0 Å². The molecule has 2 heteroatoms. The van der Waals surface area contributed by atoms with Crippen molar-refractivity contribution in [3.8, 4) is 0 Å². The lowest BCUT2D eigenvalue weighted by Gasteiger charge is -2.20. The molecule has 1 aliphatic rings. The number of hydrogen-bond donors (Lipinski definition) is 1. The molecule has 0 saturated carbocycles. The lowest BCUT2D eigenvalue weighted by atomic mass is 10.2. The summed E-state index contributed by atoms with van der Waals surface area (Å²) in [6.07, 6.45) is 2.58. The molecule has 0 radical (unpaired) electrons. The summed E-state index contributed by atoms with van der Waals surface area (Å²) in [5.41, 5.74) is 0. The van der Waals surface area contributed by atoms with Crippen LogP contribution in [0.5, 0.6) is 0 Å². The summed E-state index contributed by atoms with van der Waals surface area (Å²) in [5.74, 6) is 0. The fourth-order valence-electron chi connectivity index (χ4n) is 1.77. The fraction of sp³-hybridized carbons (Fsp3) is 1.00. The van der Waals surface area contributed by atoms with Gasteiger partial charge >= 0.3 is 0 Å². The van der Waals surface area contributed by atoms with Gasteiger partial charge < -0.3 is 5.32 Å². The van der Waals surface area contributed by atoms with E-state index in [2.05, 4.69) is 31.0 Å². The molecule has 1 heterocycles. The van der Waals surface area contributed by atoms with Gasteiger partial charge in [0.2, 0.25) is 0 Å². The lowest BCUT2D eigenvalue weighted by molar-refractivity contribution is 0.268. The Morgan fingerprint density at radius 2 is 2.00 bits per heavy atom. The second-order valence-corrected chi connectivity index (χ2v) is 4.03. The number of nitrogens with zero attached hydrogens (tertiary/aromatic N) is 1. The van der Waals surface area contributed by atoms with E-state index in [1.54, 1.807) is 0 Å². The summed E-state index contributed by atoms with van der Waals surface area (Å²) in [5, 5.41) is 3.57.